The molecule has 0 fully saturated rings. The molecule has 13 heavy (non-hydrogen) atoms. The van der Waals surface area contributed by atoms with Gasteiger partial charge in [-0.3, -0.25) is 0 Å². The number of ether oxygens (including phenoxy) is 1. The van der Waals surface area contributed by atoms with Crippen molar-refractivity contribution in [3.05, 3.63) is 34.9 Å². The first-order valence-electron chi connectivity index (χ1n) is 4.26. The van der Waals surface area contributed by atoms with Crippen LogP contribution in [0.5, 0.6) is 0 Å². The van der Waals surface area contributed by atoms with Gasteiger partial charge in [-0.1, -0.05) is 23.7 Å². The maximum absolute atomic E-state index is 5.82. The van der Waals surface area contributed by atoms with Crippen LogP contribution in [0.25, 0.3) is 0 Å². The third-order valence-electron chi connectivity index (χ3n) is 1.60. The quantitative estimate of drug-likeness (QED) is 0.588. The van der Waals surface area contributed by atoms with Crippen molar-refractivity contribution in [2.24, 2.45) is 0 Å². The van der Waals surface area contributed by atoms with E-state index in [4.69, 9.17) is 16.3 Å². The van der Waals surface area contributed by atoms with E-state index in [1.165, 1.54) is 0 Å². The predicted molar refractivity (Wildman–Crippen MR) is 59.6 cm³/mol. The van der Waals surface area contributed by atoms with Gasteiger partial charge < -0.3 is 4.74 Å². The van der Waals surface area contributed by atoms with E-state index in [1.54, 1.807) is 0 Å². The minimum absolute atomic E-state index is 0.633. The van der Waals surface area contributed by atoms with Crippen LogP contribution in [0.15, 0.2) is 24.3 Å². The lowest BCUT2D eigenvalue weighted by molar-refractivity contribution is 0.122. The summed E-state index contributed by atoms with van der Waals surface area (Å²) < 4.78 is 5.41. The number of benzene rings is 1. The molecule has 3 heteroatoms. The molecule has 1 nitrogen and oxygen atoms in total. The Morgan fingerprint density at radius 3 is 2.92 bits per heavy atom. The molecule has 0 aliphatic heterocycles. The Morgan fingerprint density at radius 2 is 2.23 bits per heavy atom. The molecule has 0 aromatic heterocycles. The van der Waals surface area contributed by atoms with Crippen LogP contribution in [-0.4, -0.2) is 12.4 Å². The zero-order valence-corrected chi connectivity index (χ0v) is 9.02. The van der Waals surface area contributed by atoms with Gasteiger partial charge in [-0.05, 0) is 29.9 Å². The zero-order valence-electron chi connectivity index (χ0n) is 7.37. The van der Waals surface area contributed by atoms with E-state index in [0.29, 0.717) is 6.61 Å². The summed E-state index contributed by atoms with van der Waals surface area (Å²) in [5.74, 6) is 0.871. The maximum atomic E-state index is 5.82. The van der Waals surface area contributed by atoms with E-state index in [2.05, 4.69) is 12.6 Å². The molecule has 0 unspecified atom stereocenters. The molecule has 72 valence electrons. The van der Waals surface area contributed by atoms with Crippen LogP contribution in [0.2, 0.25) is 5.02 Å². The molecular weight excluding hydrogens is 204 g/mol. The Bertz CT molecular complexity index is 252. The van der Waals surface area contributed by atoms with Gasteiger partial charge in [-0.25, -0.2) is 0 Å². The molecule has 1 rings (SSSR count). The van der Waals surface area contributed by atoms with Crippen molar-refractivity contribution in [1.29, 1.82) is 0 Å². The van der Waals surface area contributed by atoms with Crippen molar-refractivity contribution in [1.82, 2.24) is 0 Å². The largest absolute Gasteiger partial charge is 0.377 e. The van der Waals surface area contributed by atoms with E-state index in [1.807, 2.05) is 24.3 Å². The maximum Gasteiger partial charge on any atom is 0.0717 e. The second kappa shape index (κ2) is 6.30. The summed E-state index contributed by atoms with van der Waals surface area (Å²) in [7, 11) is 0. The van der Waals surface area contributed by atoms with Gasteiger partial charge in [0.2, 0.25) is 0 Å². The van der Waals surface area contributed by atoms with Gasteiger partial charge in [0.25, 0.3) is 0 Å². The molecule has 0 N–H and O–H groups in total. The smallest absolute Gasteiger partial charge is 0.0717 e. The molecule has 1 aromatic carbocycles. The van der Waals surface area contributed by atoms with Crippen LogP contribution in [0.4, 0.5) is 0 Å². The zero-order chi connectivity index (χ0) is 9.52. The minimum atomic E-state index is 0.633. The van der Waals surface area contributed by atoms with Crippen LogP contribution in [0, 0.1) is 0 Å². The Kier molecular flexibility index (Phi) is 5.28. The van der Waals surface area contributed by atoms with Crippen LogP contribution in [-0.2, 0) is 11.3 Å². The molecule has 0 aliphatic rings. The van der Waals surface area contributed by atoms with Crippen LogP contribution in [0.1, 0.15) is 12.0 Å². The monoisotopic (exact) mass is 216 g/mol. The number of thiol groups is 1. The normalized spacial score (nSPS) is 10.3. The summed E-state index contributed by atoms with van der Waals surface area (Å²) in [6.45, 7) is 1.39. The van der Waals surface area contributed by atoms with E-state index in [-0.39, 0.29) is 0 Å². The third-order valence-corrected chi connectivity index (χ3v) is 2.16. The second-order valence-electron chi connectivity index (χ2n) is 2.76. The van der Waals surface area contributed by atoms with Crippen molar-refractivity contribution in [3.63, 3.8) is 0 Å². The fourth-order valence-corrected chi connectivity index (χ4v) is 1.33. The molecule has 0 atom stereocenters. The second-order valence-corrected chi connectivity index (χ2v) is 3.64. The number of hydrogen-bond acceptors (Lipinski definition) is 2. The highest BCUT2D eigenvalue weighted by molar-refractivity contribution is 7.80. The number of rotatable bonds is 5. The molecule has 0 saturated heterocycles. The van der Waals surface area contributed by atoms with Crippen molar-refractivity contribution >= 4 is 24.2 Å². The van der Waals surface area contributed by atoms with Gasteiger partial charge in [0.15, 0.2) is 0 Å². The van der Waals surface area contributed by atoms with Gasteiger partial charge >= 0.3 is 0 Å². The highest BCUT2D eigenvalue weighted by Gasteiger charge is 1.93. The van der Waals surface area contributed by atoms with E-state index in [0.717, 1.165) is 29.4 Å². The molecule has 0 radical (unpaired) electrons. The van der Waals surface area contributed by atoms with Crippen LogP contribution < -0.4 is 0 Å². The molecule has 1 aromatic rings. The number of halogens is 1. The Labute approximate surface area is 89.5 Å². The van der Waals surface area contributed by atoms with Crippen LogP contribution >= 0.6 is 24.2 Å². The standard InChI is InChI=1S/C10H13ClOS/c11-10-4-1-3-9(7-10)8-12-5-2-6-13/h1,3-4,7,13H,2,5-6,8H2. The Hall–Kier alpha value is -0.180. The van der Waals surface area contributed by atoms with E-state index in [9.17, 15) is 0 Å². The SMILES string of the molecule is SCCCOCc1cccc(Cl)c1. The molecule has 0 aliphatic carbocycles. The summed E-state index contributed by atoms with van der Waals surface area (Å²) in [5, 5.41) is 0.760. The first-order valence-corrected chi connectivity index (χ1v) is 5.27. The van der Waals surface area contributed by atoms with Crippen molar-refractivity contribution in [2.45, 2.75) is 13.0 Å². The Morgan fingerprint density at radius 1 is 1.38 bits per heavy atom. The number of hydrogen-bond donors (Lipinski definition) is 1. The molecule has 0 heterocycles. The average molecular weight is 217 g/mol. The molecule has 0 spiro atoms. The summed E-state index contributed by atoms with van der Waals surface area (Å²) in [4.78, 5) is 0. The van der Waals surface area contributed by atoms with Gasteiger partial charge in [-0.2, -0.15) is 12.6 Å². The lowest BCUT2D eigenvalue weighted by atomic mass is 10.2. The summed E-state index contributed by atoms with van der Waals surface area (Å²) in [6.07, 6.45) is 0.990. The summed E-state index contributed by atoms with van der Waals surface area (Å²) in [5.41, 5.74) is 1.12. The van der Waals surface area contributed by atoms with E-state index < -0.39 is 0 Å². The highest BCUT2D eigenvalue weighted by atomic mass is 35.5. The molecular formula is C10H13ClOS. The van der Waals surface area contributed by atoms with Gasteiger partial charge in [0.1, 0.15) is 0 Å². The average Bonchev–Trinajstić information content (AvgIpc) is 2.13. The highest BCUT2D eigenvalue weighted by Crippen LogP contribution is 2.11. The molecule has 0 saturated carbocycles. The first kappa shape index (κ1) is 10.9. The van der Waals surface area contributed by atoms with Crippen LogP contribution in [0.3, 0.4) is 0 Å². The molecule has 0 amide bonds. The lowest BCUT2D eigenvalue weighted by Crippen LogP contribution is -1.95. The topological polar surface area (TPSA) is 9.23 Å². The van der Waals surface area contributed by atoms with Crippen molar-refractivity contribution in [3.8, 4) is 0 Å². The van der Waals surface area contributed by atoms with Crippen molar-refractivity contribution < 1.29 is 4.74 Å². The van der Waals surface area contributed by atoms with Gasteiger partial charge in [-0.15, -0.1) is 0 Å². The summed E-state index contributed by atoms with van der Waals surface area (Å²) >= 11 is 9.91. The fourth-order valence-electron chi connectivity index (χ4n) is 0.983. The van der Waals surface area contributed by atoms with Gasteiger partial charge in [0.05, 0.1) is 6.61 Å². The summed E-state index contributed by atoms with van der Waals surface area (Å²) in [6, 6.07) is 7.72. The fraction of sp³-hybridized carbons (Fsp3) is 0.400. The molecule has 0 bridgehead atoms. The predicted octanol–water partition coefficient (Wildman–Crippen LogP) is 3.18. The minimum Gasteiger partial charge on any atom is -0.377 e. The first-order chi connectivity index (χ1) is 6.33. The lowest BCUT2D eigenvalue weighted by Gasteiger charge is -2.03. The van der Waals surface area contributed by atoms with Gasteiger partial charge in [0, 0.05) is 11.6 Å². The Balaban J connectivity index is 2.28. The van der Waals surface area contributed by atoms with E-state index >= 15 is 0 Å². The van der Waals surface area contributed by atoms with Crippen molar-refractivity contribution in [2.75, 3.05) is 12.4 Å². The third kappa shape index (κ3) is 4.55.